The molecule has 2 aromatic rings. The highest BCUT2D eigenvalue weighted by Crippen LogP contribution is 2.19. The zero-order valence-electron chi connectivity index (χ0n) is 10.4. The van der Waals surface area contributed by atoms with Crippen molar-refractivity contribution < 1.29 is 4.92 Å². The van der Waals surface area contributed by atoms with Crippen LogP contribution in [0.4, 0.5) is 5.69 Å². The monoisotopic (exact) mass is 256 g/mol. The zero-order chi connectivity index (χ0) is 13.8. The molecule has 6 nitrogen and oxygen atoms in total. The molecule has 0 amide bonds. The van der Waals surface area contributed by atoms with Gasteiger partial charge in [0.15, 0.2) is 0 Å². The molecule has 6 heteroatoms. The smallest absolute Gasteiger partial charge is 0.258 e. The number of aromatic nitrogens is 2. The maximum Gasteiger partial charge on any atom is 0.310 e. The van der Waals surface area contributed by atoms with E-state index >= 15 is 0 Å². The molecule has 0 saturated carbocycles. The van der Waals surface area contributed by atoms with Crippen molar-refractivity contribution in [2.75, 3.05) is 0 Å². The molecule has 0 N–H and O–H groups in total. The van der Waals surface area contributed by atoms with Gasteiger partial charge in [-0.2, -0.15) is 10.4 Å². The Kier molecular flexibility index (Phi) is 3.57. The molecule has 1 aromatic heterocycles. The van der Waals surface area contributed by atoms with Crippen molar-refractivity contribution in [3.8, 4) is 6.07 Å². The molecular weight excluding hydrogens is 244 g/mol. The van der Waals surface area contributed by atoms with E-state index in [1.54, 1.807) is 16.8 Å². The lowest BCUT2D eigenvalue weighted by Gasteiger charge is -2.05. The van der Waals surface area contributed by atoms with Gasteiger partial charge in [-0.3, -0.25) is 14.8 Å². The first-order chi connectivity index (χ1) is 9.15. The Hall–Kier alpha value is -2.68. The van der Waals surface area contributed by atoms with E-state index in [1.165, 1.54) is 6.20 Å². The Morgan fingerprint density at radius 2 is 2.11 bits per heavy atom. The van der Waals surface area contributed by atoms with E-state index in [0.717, 1.165) is 5.56 Å². The minimum Gasteiger partial charge on any atom is -0.258 e. The van der Waals surface area contributed by atoms with Crippen LogP contribution in [0.5, 0.6) is 0 Å². The summed E-state index contributed by atoms with van der Waals surface area (Å²) in [5.74, 6) is 0. The lowest BCUT2D eigenvalue weighted by Crippen LogP contribution is -2.06. The Bertz CT molecular complexity index is 638. The number of rotatable bonds is 4. The summed E-state index contributed by atoms with van der Waals surface area (Å²) in [5, 5.41) is 23.6. The molecule has 0 radical (unpaired) electrons. The second-order valence-corrected chi connectivity index (χ2v) is 4.05. The number of hydrogen-bond acceptors (Lipinski definition) is 4. The van der Waals surface area contributed by atoms with Crippen LogP contribution in [0.25, 0.3) is 0 Å². The number of hydrogen-bond donors (Lipinski definition) is 0. The van der Waals surface area contributed by atoms with E-state index in [0.29, 0.717) is 24.2 Å². The molecule has 0 aliphatic carbocycles. The topological polar surface area (TPSA) is 84.8 Å². The van der Waals surface area contributed by atoms with Crippen LogP contribution in [-0.4, -0.2) is 14.7 Å². The van der Waals surface area contributed by atoms with E-state index < -0.39 is 4.92 Å². The minimum absolute atomic E-state index is 0.0520. The summed E-state index contributed by atoms with van der Waals surface area (Å²) >= 11 is 0. The summed E-state index contributed by atoms with van der Waals surface area (Å²) in [4.78, 5) is 10.4. The van der Waals surface area contributed by atoms with Gasteiger partial charge in [-0.25, -0.2) is 0 Å². The van der Waals surface area contributed by atoms with Crippen molar-refractivity contribution >= 4 is 5.69 Å². The minimum atomic E-state index is -0.416. The molecular formula is C13H12N4O2. The molecule has 1 heterocycles. The summed E-state index contributed by atoms with van der Waals surface area (Å²) in [7, 11) is 0. The SMILES string of the molecule is CCc1c([N+](=O)[O-])cnn1Cc1ccc(C#N)cc1. The van der Waals surface area contributed by atoms with Crippen LogP contribution >= 0.6 is 0 Å². The van der Waals surface area contributed by atoms with E-state index in [2.05, 4.69) is 5.10 Å². The van der Waals surface area contributed by atoms with E-state index in [1.807, 2.05) is 25.1 Å². The fourth-order valence-electron chi connectivity index (χ4n) is 1.91. The van der Waals surface area contributed by atoms with Crippen molar-refractivity contribution in [2.24, 2.45) is 0 Å². The molecule has 1 aromatic carbocycles. The van der Waals surface area contributed by atoms with Gasteiger partial charge in [-0.15, -0.1) is 0 Å². The van der Waals surface area contributed by atoms with Crippen molar-refractivity contribution in [1.82, 2.24) is 9.78 Å². The summed E-state index contributed by atoms with van der Waals surface area (Å²) in [6.45, 7) is 2.32. The average Bonchev–Trinajstić information content (AvgIpc) is 2.82. The van der Waals surface area contributed by atoms with Crippen LogP contribution < -0.4 is 0 Å². The zero-order valence-corrected chi connectivity index (χ0v) is 10.4. The van der Waals surface area contributed by atoms with Gasteiger partial charge in [0, 0.05) is 0 Å². The average molecular weight is 256 g/mol. The van der Waals surface area contributed by atoms with E-state index in [4.69, 9.17) is 5.26 Å². The van der Waals surface area contributed by atoms with Gasteiger partial charge in [0.25, 0.3) is 0 Å². The maximum absolute atomic E-state index is 10.8. The highest BCUT2D eigenvalue weighted by atomic mass is 16.6. The van der Waals surface area contributed by atoms with Gasteiger partial charge >= 0.3 is 5.69 Å². The highest BCUT2D eigenvalue weighted by molar-refractivity contribution is 5.35. The van der Waals surface area contributed by atoms with Crippen LogP contribution in [0.1, 0.15) is 23.7 Å². The lowest BCUT2D eigenvalue weighted by atomic mass is 10.1. The van der Waals surface area contributed by atoms with Crippen LogP contribution in [0, 0.1) is 21.4 Å². The molecule has 0 spiro atoms. The molecule has 0 saturated heterocycles. The van der Waals surface area contributed by atoms with Gasteiger partial charge in [0.2, 0.25) is 0 Å². The second kappa shape index (κ2) is 5.31. The predicted molar refractivity (Wildman–Crippen MR) is 68.5 cm³/mol. The molecule has 0 bridgehead atoms. The molecule has 0 aliphatic heterocycles. The molecule has 0 unspecified atom stereocenters. The van der Waals surface area contributed by atoms with Crippen molar-refractivity contribution in [1.29, 1.82) is 5.26 Å². The molecule has 96 valence electrons. The standard InChI is InChI=1S/C13H12N4O2/c1-2-12-13(17(18)19)8-15-16(12)9-11-5-3-10(7-14)4-6-11/h3-6,8H,2,9H2,1H3. The van der Waals surface area contributed by atoms with Crippen LogP contribution in [0.2, 0.25) is 0 Å². The summed E-state index contributed by atoms with van der Waals surface area (Å²) in [6, 6.07) is 9.14. The quantitative estimate of drug-likeness (QED) is 0.620. The first-order valence-corrected chi connectivity index (χ1v) is 5.83. The Labute approximate surface area is 110 Å². The van der Waals surface area contributed by atoms with Crippen molar-refractivity contribution in [3.05, 3.63) is 57.4 Å². The second-order valence-electron chi connectivity index (χ2n) is 4.05. The first kappa shape index (κ1) is 12.8. The predicted octanol–water partition coefficient (Wildman–Crippen LogP) is 2.27. The van der Waals surface area contributed by atoms with Gasteiger partial charge in [0.1, 0.15) is 11.9 Å². The molecule has 0 atom stereocenters. The third-order valence-corrected chi connectivity index (χ3v) is 2.87. The molecule has 0 fully saturated rings. The van der Waals surface area contributed by atoms with Crippen molar-refractivity contribution in [3.63, 3.8) is 0 Å². The van der Waals surface area contributed by atoms with E-state index in [-0.39, 0.29) is 5.69 Å². The summed E-state index contributed by atoms with van der Waals surface area (Å²) in [5.41, 5.74) is 2.20. The fraction of sp³-hybridized carbons (Fsp3) is 0.231. The Balaban J connectivity index is 2.28. The number of nitriles is 1. The number of nitro groups is 1. The maximum atomic E-state index is 10.8. The van der Waals surface area contributed by atoms with Crippen molar-refractivity contribution in [2.45, 2.75) is 19.9 Å². The van der Waals surface area contributed by atoms with Gasteiger partial charge in [-0.05, 0) is 24.1 Å². The van der Waals surface area contributed by atoms with Gasteiger partial charge in [0.05, 0.1) is 23.1 Å². The normalized spacial score (nSPS) is 10.1. The molecule has 2 rings (SSSR count). The van der Waals surface area contributed by atoms with E-state index in [9.17, 15) is 10.1 Å². The molecule has 19 heavy (non-hydrogen) atoms. The highest BCUT2D eigenvalue weighted by Gasteiger charge is 2.18. The van der Waals surface area contributed by atoms with Crippen LogP contribution in [0.3, 0.4) is 0 Å². The Morgan fingerprint density at radius 3 is 2.63 bits per heavy atom. The fourth-order valence-corrected chi connectivity index (χ4v) is 1.91. The third kappa shape index (κ3) is 2.60. The van der Waals surface area contributed by atoms with Gasteiger partial charge in [-0.1, -0.05) is 19.1 Å². The lowest BCUT2D eigenvalue weighted by molar-refractivity contribution is -0.385. The largest absolute Gasteiger partial charge is 0.310 e. The molecule has 0 aliphatic rings. The summed E-state index contributed by atoms with van der Waals surface area (Å²) in [6.07, 6.45) is 1.83. The number of nitrogens with zero attached hydrogens (tertiary/aromatic N) is 4. The third-order valence-electron chi connectivity index (χ3n) is 2.87. The van der Waals surface area contributed by atoms with Crippen LogP contribution in [0.15, 0.2) is 30.5 Å². The summed E-state index contributed by atoms with van der Waals surface area (Å²) < 4.78 is 1.62. The Morgan fingerprint density at radius 1 is 1.42 bits per heavy atom. The number of benzene rings is 1. The van der Waals surface area contributed by atoms with Crippen LogP contribution in [-0.2, 0) is 13.0 Å². The first-order valence-electron chi connectivity index (χ1n) is 5.83. The van der Waals surface area contributed by atoms with Gasteiger partial charge < -0.3 is 0 Å².